The van der Waals surface area contributed by atoms with E-state index in [1.807, 2.05) is 0 Å². The van der Waals surface area contributed by atoms with E-state index in [0.717, 1.165) is 23.1 Å². The largest absolute Gasteiger partial charge is 0.493 e. The Balaban J connectivity index is 1.73. The standard InChI is InChI=1S/C32H40BO2P/c1-34-30-23-29(33(25-15-7-3-8-16-25)26-17-9-4-10-18-26)32(24-31(30)35-2)36(27-19-11-5-12-20-27)28-21-13-6-14-22-28/h5-6,11-14,19-26H,3-4,7-10,15-18H2,1-2H3. The Kier molecular flexibility index (Phi) is 8.70. The average Bonchev–Trinajstić information content (AvgIpc) is 2.96. The van der Waals surface area contributed by atoms with E-state index in [2.05, 4.69) is 72.8 Å². The predicted octanol–water partition coefficient (Wildman–Crippen LogP) is 6.83. The summed E-state index contributed by atoms with van der Waals surface area (Å²) in [5.74, 6) is 3.26. The van der Waals surface area contributed by atoms with Crippen LogP contribution in [-0.4, -0.2) is 20.9 Å². The third-order valence-electron chi connectivity index (χ3n) is 8.48. The first-order chi connectivity index (χ1) is 17.8. The minimum absolute atomic E-state index is 0.595. The second-order valence-corrected chi connectivity index (χ2v) is 12.8. The van der Waals surface area contributed by atoms with Crippen molar-refractivity contribution in [3.8, 4) is 11.5 Å². The van der Waals surface area contributed by atoms with E-state index in [4.69, 9.17) is 9.47 Å². The van der Waals surface area contributed by atoms with E-state index in [9.17, 15) is 0 Å². The van der Waals surface area contributed by atoms with Crippen molar-refractivity contribution in [2.24, 2.45) is 0 Å². The van der Waals surface area contributed by atoms with Gasteiger partial charge in [-0.05, 0) is 36.0 Å². The fourth-order valence-electron chi connectivity index (χ4n) is 6.81. The van der Waals surface area contributed by atoms with Gasteiger partial charge in [0.15, 0.2) is 18.2 Å². The molecule has 3 aromatic rings. The SMILES string of the molecule is COc1cc(B(C2CCCCC2)C2CCCCC2)c(P(c2ccccc2)c2ccccc2)cc1OC. The molecule has 2 aliphatic rings. The lowest BCUT2D eigenvalue weighted by Gasteiger charge is -2.38. The van der Waals surface area contributed by atoms with E-state index in [0.29, 0.717) is 6.71 Å². The molecule has 188 valence electrons. The highest BCUT2D eigenvalue weighted by Gasteiger charge is 2.39. The molecule has 2 nitrogen and oxygen atoms in total. The van der Waals surface area contributed by atoms with Gasteiger partial charge in [-0.2, -0.15) is 0 Å². The van der Waals surface area contributed by atoms with Crippen molar-refractivity contribution in [3.05, 3.63) is 72.8 Å². The zero-order valence-corrected chi connectivity index (χ0v) is 22.9. The molecule has 0 spiro atoms. The van der Waals surface area contributed by atoms with Crippen LogP contribution in [0.2, 0.25) is 11.6 Å². The Morgan fingerprint density at radius 1 is 0.611 bits per heavy atom. The van der Waals surface area contributed by atoms with E-state index in [1.165, 1.54) is 85.6 Å². The van der Waals surface area contributed by atoms with Gasteiger partial charge >= 0.3 is 0 Å². The number of hydrogen-bond donors (Lipinski definition) is 0. The van der Waals surface area contributed by atoms with Crippen molar-refractivity contribution < 1.29 is 9.47 Å². The molecule has 36 heavy (non-hydrogen) atoms. The predicted molar refractivity (Wildman–Crippen MR) is 157 cm³/mol. The molecule has 0 radical (unpaired) electrons. The smallest absolute Gasteiger partial charge is 0.183 e. The molecule has 0 saturated heterocycles. The summed E-state index contributed by atoms with van der Waals surface area (Å²) in [5, 5.41) is 4.26. The van der Waals surface area contributed by atoms with Gasteiger partial charge in [0.05, 0.1) is 14.2 Å². The van der Waals surface area contributed by atoms with E-state index in [1.54, 1.807) is 14.2 Å². The van der Waals surface area contributed by atoms with Crippen LogP contribution in [0.25, 0.3) is 0 Å². The molecule has 0 heterocycles. The molecule has 0 atom stereocenters. The molecule has 0 aromatic heterocycles. The fourth-order valence-corrected chi connectivity index (χ4v) is 9.32. The van der Waals surface area contributed by atoms with Gasteiger partial charge in [-0.3, -0.25) is 0 Å². The molecule has 0 aliphatic heterocycles. The van der Waals surface area contributed by atoms with Crippen molar-refractivity contribution in [2.45, 2.75) is 75.8 Å². The molecule has 2 aliphatic carbocycles. The van der Waals surface area contributed by atoms with Gasteiger partial charge in [0.1, 0.15) is 0 Å². The summed E-state index contributed by atoms with van der Waals surface area (Å²) in [6.45, 7) is 0.595. The van der Waals surface area contributed by atoms with E-state index in [-0.39, 0.29) is 0 Å². The summed E-state index contributed by atoms with van der Waals surface area (Å²) in [4.78, 5) is 0. The maximum atomic E-state index is 5.93. The van der Waals surface area contributed by atoms with Crippen LogP contribution in [0.4, 0.5) is 0 Å². The summed E-state index contributed by atoms with van der Waals surface area (Å²) < 4.78 is 11.8. The van der Waals surface area contributed by atoms with Gasteiger partial charge in [0, 0.05) is 0 Å². The zero-order valence-electron chi connectivity index (χ0n) is 22.0. The van der Waals surface area contributed by atoms with Crippen molar-refractivity contribution in [1.29, 1.82) is 0 Å². The molecule has 2 saturated carbocycles. The number of benzene rings is 3. The summed E-state index contributed by atoms with van der Waals surface area (Å²) in [5.41, 5.74) is 1.53. The first kappa shape index (κ1) is 25.4. The maximum absolute atomic E-state index is 5.93. The van der Waals surface area contributed by atoms with E-state index >= 15 is 0 Å². The minimum atomic E-state index is -0.716. The number of rotatable bonds is 8. The Hall–Kier alpha value is -2.25. The van der Waals surface area contributed by atoms with Gasteiger partial charge in [0.25, 0.3) is 0 Å². The van der Waals surface area contributed by atoms with Crippen LogP contribution in [0.15, 0.2) is 72.8 Å². The maximum Gasteiger partial charge on any atom is 0.183 e. The Labute approximate surface area is 219 Å². The highest BCUT2D eigenvalue weighted by atomic mass is 31.1. The van der Waals surface area contributed by atoms with Crippen LogP contribution < -0.4 is 30.9 Å². The zero-order chi connectivity index (χ0) is 24.7. The molecule has 0 unspecified atom stereocenters. The third kappa shape index (κ3) is 5.52. The molecule has 0 N–H and O–H groups in total. The number of hydrogen-bond acceptors (Lipinski definition) is 2. The summed E-state index contributed by atoms with van der Waals surface area (Å²) in [6, 6.07) is 27.0. The lowest BCUT2D eigenvalue weighted by Crippen LogP contribution is -2.48. The number of methoxy groups -OCH3 is 2. The third-order valence-corrected chi connectivity index (χ3v) is 11.0. The van der Waals surface area contributed by atoms with Crippen LogP contribution in [0.3, 0.4) is 0 Å². The van der Waals surface area contributed by atoms with Crippen molar-refractivity contribution in [3.63, 3.8) is 0 Å². The quantitative estimate of drug-likeness (QED) is 0.250. The molecule has 4 heteroatoms. The Morgan fingerprint density at radius 2 is 1.06 bits per heavy atom. The molecular weight excluding hydrogens is 458 g/mol. The normalized spacial score (nSPS) is 17.2. The molecular formula is C32H40BO2P. The van der Waals surface area contributed by atoms with Gasteiger partial charge in [-0.1, -0.05) is 142 Å². The summed E-state index contributed by atoms with van der Waals surface area (Å²) in [6.07, 6.45) is 13.8. The van der Waals surface area contributed by atoms with Crippen LogP contribution in [0.5, 0.6) is 11.5 Å². The van der Waals surface area contributed by atoms with Gasteiger partial charge < -0.3 is 9.47 Å². The Morgan fingerprint density at radius 3 is 1.50 bits per heavy atom. The lowest BCUT2D eigenvalue weighted by molar-refractivity contribution is 0.355. The summed E-state index contributed by atoms with van der Waals surface area (Å²) >= 11 is 0. The van der Waals surface area contributed by atoms with Crippen LogP contribution in [0, 0.1) is 0 Å². The number of ether oxygens (including phenoxy) is 2. The average molecular weight is 498 g/mol. The Bertz CT molecular complexity index is 1030. The molecule has 3 aromatic carbocycles. The molecule has 0 amide bonds. The topological polar surface area (TPSA) is 18.5 Å². The second kappa shape index (κ2) is 12.3. The van der Waals surface area contributed by atoms with Crippen molar-refractivity contribution in [2.75, 3.05) is 14.2 Å². The highest BCUT2D eigenvalue weighted by molar-refractivity contribution is 7.80. The van der Waals surface area contributed by atoms with Crippen LogP contribution >= 0.6 is 7.92 Å². The lowest BCUT2D eigenvalue weighted by atomic mass is 9.27. The van der Waals surface area contributed by atoms with E-state index < -0.39 is 7.92 Å². The van der Waals surface area contributed by atoms with Crippen LogP contribution in [0.1, 0.15) is 64.2 Å². The fraction of sp³-hybridized carbons (Fsp3) is 0.438. The van der Waals surface area contributed by atoms with Gasteiger partial charge in [-0.15, -0.1) is 0 Å². The molecule has 0 bridgehead atoms. The highest BCUT2D eigenvalue weighted by Crippen LogP contribution is 2.44. The first-order valence-corrected chi connectivity index (χ1v) is 15.3. The van der Waals surface area contributed by atoms with Crippen molar-refractivity contribution in [1.82, 2.24) is 0 Å². The van der Waals surface area contributed by atoms with Crippen LogP contribution in [-0.2, 0) is 0 Å². The van der Waals surface area contributed by atoms with Crippen molar-refractivity contribution >= 4 is 36.0 Å². The minimum Gasteiger partial charge on any atom is -0.493 e. The summed E-state index contributed by atoms with van der Waals surface area (Å²) in [7, 11) is 2.84. The van der Waals surface area contributed by atoms with Gasteiger partial charge in [0.2, 0.25) is 0 Å². The second-order valence-electron chi connectivity index (χ2n) is 10.6. The van der Waals surface area contributed by atoms with Gasteiger partial charge in [-0.25, -0.2) is 0 Å². The first-order valence-electron chi connectivity index (χ1n) is 14.0. The molecule has 5 rings (SSSR count). The molecule has 2 fully saturated rings. The monoisotopic (exact) mass is 498 g/mol.